The first-order chi connectivity index (χ1) is 12.0. The average Bonchev–Trinajstić information content (AvgIpc) is 2.84. The molecule has 0 bridgehead atoms. The van der Waals surface area contributed by atoms with E-state index in [2.05, 4.69) is 10.5 Å². The summed E-state index contributed by atoms with van der Waals surface area (Å²) in [5.41, 5.74) is 0.408. The van der Waals surface area contributed by atoms with Crippen molar-refractivity contribution in [2.45, 2.75) is 39.2 Å². The van der Waals surface area contributed by atoms with Gasteiger partial charge in [-0.3, -0.25) is 9.59 Å². The van der Waals surface area contributed by atoms with Crippen LogP contribution in [0.15, 0.2) is 5.16 Å². The first-order valence-electron chi connectivity index (χ1n) is 8.22. The highest BCUT2D eigenvalue weighted by atomic mass is 16.6. The van der Waals surface area contributed by atoms with Crippen LogP contribution in [0, 0.1) is 5.41 Å². The molecule has 1 amide bonds. The number of aliphatic carboxylic acids is 2. The molecule has 0 aliphatic carbocycles. The first-order valence-corrected chi connectivity index (χ1v) is 8.22. The number of carboxylic acid groups (broad SMARTS) is 2. The molecule has 2 rings (SSSR count). The molecule has 1 spiro atoms. The van der Waals surface area contributed by atoms with E-state index in [1.54, 1.807) is 4.90 Å². The van der Waals surface area contributed by atoms with Gasteiger partial charge in [0.25, 0.3) is 0 Å². The van der Waals surface area contributed by atoms with Crippen LogP contribution in [0.3, 0.4) is 0 Å². The van der Waals surface area contributed by atoms with Crippen LogP contribution in [0.5, 0.6) is 0 Å². The number of carbonyl (C=O) groups is 3. The molecule has 2 heterocycles. The third kappa shape index (κ3) is 6.51. The fourth-order valence-electron chi connectivity index (χ4n) is 2.51. The van der Waals surface area contributed by atoms with Crippen LogP contribution in [0.2, 0.25) is 0 Å². The van der Waals surface area contributed by atoms with Gasteiger partial charge in [-0.15, -0.1) is 0 Å². The van der Waals surface area contributed by atoms with E-state index >= 15 is 0 Å². The lowest BCUT2D eigenvalue weighted by Gasteiger charge is -2.38. The number of carboxylic acids is 2. The number of rotatable bonds is 4. The van der Waals surface area contributed by atoms with Crippen molar-refractivity contribution in [3.63, 3.8) is 0 Å². The Labute approximate surface area is 152 Å². The fourth-order valence-corrected chi connectivity index (χ4v) is 2.51. The number of nitrogens with zero attached hydrogens (tertiary/aromatic N) is 2. The van der Waals surface area contributed by atoms with Gasteiger partial charge in [-0.1, -0.05) is 5.16 Å². The van der Waals surface area contributed by atoms with E-state index < -0.39 is 17.5 Å². The van der Waals surface area contributed by atoms with E-state index in [1.807, 2.05) is 20.8 Å². The monoisotopic (exact) mass is 373 g/mol. The smallest absolute Gasteiger partial charge is 0.410 e. The predicted octanol–water partition coefficient (Wildman–Crippen LogP) is 0.765. The normalized spacial score (nSPS) is 19.4. The number of oxime groups is 1. The van der Waals surface area contributed by atoms with Crippen molar-refractivity contribution in [1.82, 2.24) is 10.2 Å². The molecule has 2 aliphatic heterocycles. The minimum atomic E-state index is -1.08. The summed E-state index contributed by atoms with van der Waals surface area (Å²) in [5, 5.41) is 23.1. The number of carbonyl (C=O) groups excluding carboxylic acids is 1. The lowest BCUT2D eigenvalue weighted by Crippen LogP contribution is -2.58. The second-order valence-corrected chi connectivity index (χ2v) is 7.23. The van der Waals surface area contributed by atoms with Crippen LogP contribution in [-0.4, -0.2) is 77.7 Å². The summed E-state index contributed by atoms with van der Waals surface area (Å²) in [7, 11) is 1.53. The molecule has 10 nitrogen and oxygen atoms in total. The Balaban J connectivity index is 0.000000359. The Kier molecular flexibility index (Phi) is 7.37. The lowest BCUT2D eigenvalue weighted by molar-refractivity contribution is -0.143. The number of hydrogen-bond donors (Lipinski definition) is 3. The second kappa shape index (κ2) is 8.84. The summed E-state index contributed by atoms with van der Waals surface area (Å²) < 4.78 is 5.38. The summed E-state index contributed by atoms with van der Waals surface area (Å²) in [6.07, 6.45) is -0.875. The van der Waals surface area contributed by atoms with Gasteiger partial charge in [0.05, 0.1) is 30.5 Å². The standard InChI is InChI=1S/C12H21N3O3.C4H6O4/c1-11(2,3)18-10(16)15-5-9(14-17-4)12(8-15)6-13-7-12;5-3(6)1-2-4(7)8/h13H,5-8H2,1-4H3;1-2H2,(H,5,6)(H,7,8). The molecule has 10 heteroatoms. The number of hydrogen-bond acceptors (Lipinski definition) is 7. The molecule has 0 aromatic rings. The topological polar surface area (TPSA) is 138 Å². The zero-order chi connectivity index (χ0) is 20.0. The van der Waals surface area contributed by atoms with Gasteiger partial charge in [0.2, 0.25) is 0 Å². The van der Waals surface area contributed by atoms with Crippen molar-refractivity contribution in [1.29, 1.82) is 0 Å². The lowest BCUT2D eigenvalue weighted by atomic mass is 9.79. The zero-order valence-electron chi connectivity index (χ0n) is 15.6. The highest BCUT2D eigenvalue weighted by Gasteiger charge is 2.51. The van der Waals surface area contributed by atoms with Gasteiger partial charge >= 0.3 is 18.0 Å². The molecular weight excluding hydrogens is 346 g/mol. The van der Waals surface area contributed by atoms with Crippen LogP contribution in [0.25, 0.3) is 0 Å². The summed E-state index contributed by atoms with van der Waals surface area (Å²) in [5.74, 6) is -2.15. The van der Waals surface area contributed by atoms with E-state index in [9.17, 15) is 14.4 Å². The summed E-state index contributed by atoms with van der Waals surface area (Å²) in [6.45, 7) is 8.42. The van der Waals surface area contributed by atoms with Gasteiger partial charge in [0, 0.05) is 19.6 Å². The van der Waals surface area contributed by atoms with Gasteiger partial charge in [-0.2, -0.15) is 0 Å². The van der Waals surface area contributed by atoms with E-state index in [0.717, 1.165) is 18.8 Å². The second-order valence-electron chi connectivity index (χ2n) is 7.23. The van der Waals surface area contributed by atoms with Gasteiger partial charge in [0.1, 0.15) is 12.7 Å². The van der Waals surface area contributed by atoms with Crippen LogP contribution in [0.4, 0.5) is 4.79 Å². The van der Waals surface area contributed by atoms with Crippen LogP contribution >= 0.6 is 0 Å². The van der Waals surface area contributed by atoms with Crippen molar-refractivity contribution in [2.24, 2.45) is 10.6 Å². The molecule has 2 fully saturated rings. The zero-order valence-corrected chi connectivity index (χ0v) is 15.6. The van der Waals surface area contributed by atoms with E-state index in [4.69, 9.17) is 19.8 Å². The molecule has 0 unspecified atom stereocenters. The van der Waals surface area contributed by atoms with Crippen molar-refractivity contribution in [2.75, 3.05) is 33.3 Å². The van der Waals surface area contributed by atoms with E-state index in [0.29, 0.717) is 13.1 Å². The van der Waals surface area contributed by atoms with E-state index in [1.165, 1.54) is 7.11 Å². The summed E-state index contributed by atoms with van der Waals surface area (Å²) in [6, 6.07) is 0. The molecule has 2 saturated heterocycles. The Bertz CT molecular complexity index is 551. The predicted molar refractivity (Wildman–Crippen MR) is 92.1 cm³/mol. The summed E-state index contributed by atoms with van der Waals surface area (Å²) in [4.78, 5) is 37.9. The van der Waals surface area contributed by atoms with Gasteiger partial charge in [0.15, 0.2) is 0 Å². The molecule has 0 atom stereocenters. The van der Waals surface area contributed by atoms with E-state index in [-0.39, 0.29) is 24.3 Å². The third-order valence-electron chi connectivity index (χ3n) is 3.78. The molecular formula is C16H27N3O7. The maximum Gasteiger partial charge on any atom is 0.410 e. The summed E-state index contributed by atoms with van der Waals surface area (Å²) >= 11 is 0. The molecule has 26 heavy (non-hydrogen) atoms. The highest BCUT2D eigenvalue weighted by Crippen LogP contribution is 2.33. The molecule has 148 valence electrons. The third-order valence-corrected chi connectivity index (χ3v) is 3.78. The minimum absolute atomic E-state index is 0.0487. The number of amides is 1. The van der Waals surface area contributed by atoms with Gasteiger partial charge in [-0.05, 0) is 20.8 Å². The van der Waals surface area contributed by atoms with Crippen LogP contribution < -0.4 is 5.32 Å². The molecule has 0 radical (unpaired) electrons. The van der Waals surface area contributed by atoms with Crippen molar-refractivity contribution < 1.29 is 34.2 Å². The fraction of sp³-hybridized carbons (Fsp3) is 0.750. The van der Waals surface area contributed by atoms with Gasteiger partial charge in [-0.25, -0.2) is 4.79 Å². The molecule has 0 aromatic carbocycles. The number of nitrogens with one attached hydrogen (secondary N) is 1. The van der Waals surface area contributed by atoms with Gasteiger partial charge < -0.3 is 30.0 Å². The molecule has 0 aromatic heterocycles. The maximum atomic E-state index is 12.0. The van der Waals surface area contributed by atoms with Crippen molar-refractivity contribution in [3.8, 4) is 0 Å². The SMILES string of the molecule is CON=C1CN(C(=O)OC(C)(C)C)CC12CNC2.O=C(O)CCC(=O)O. The Morgan fingerprint density at radius 2 is 1.73 bits per heavy atom. The molecule has 2 aliphatic rings. The van der Waals surface area contributed by atoms with Crippen molar-refractivity contribution >= 4 is 23.7 Å². The Morgan fingerprint density at radius 3 is 2.08 bits per heavy atom. The maximum absolute atomic E-state index is 12.0. The highest BCUT2D eigenvalue weighted by molar-refractivity contribution is 5.97. The van der Waals surface area contributed by atoms with Crippen LogP contribution in [-0.2, 0) is 19.2 Å². The number of ether oxygens (including phenoxy) is 1. The Hall–Kier alpha value is -2.36. The quantitative estimate of drug-likeness (QED) is 0.614. The Morgan fingerprint density at radius 1 is 1.19 bits per heavy atom. The average molecular weight is 373 g/mol. The minimum Gasteiger partial charge on any atom is -0.481 e. The van der Waals surface area contributed by atoms with Crippen LogP contribution in [0.1, 0.15) is 33.6 Å². The largest absolute Gasteiger partial charge is 0.481 e. The first kappa shape index (κ1) is 21.7. The van der Waals surface area contributed by atoms with Crippen molar-refractivity contribution in [3.05, 3.63) is 0 Å². The molecule has 0 saturated carbocycles. The number of likely N-dealkylation sites (tertiary alicyclic amines) is 1. The molecule has 3 N–H and O–H groups in total.